The number of nitrogens with zero attached hydrogens (tertiary/aromatic N) is 2. The van der Waals surface area contributed by atoms with Gasteiger partial charge in [0.2, 0.25) is 0 Å². The fourth-order valence-electron chi connectivity index (χ4n) is 3.85. The summed E-state index contributed by atoms with van der Waals surface area (Å²) in [7, 11) is 1.55. The third-order valence-corrected chi connectivity index (χ3v) is 5.42. The maximum atomic E-state index is 14.2. The third kappa shape index (κ3) is 4.32. The number of fused-ring (bicyclic) bond motifs is 1. The van der Waals surface area contributed by atoms with Crippen LogP contribution >= 0.6 is 0 Å². The molecule has 170 valence electrons. The van der Waals surface area contributed by atoms with Gasteiger partial charge in [-0.15, -0.1) is 0 Å². The smallest absolute Gasteiger partial charge is 0.255 e. The third-order valence-electron chi connectivity index (χ3n) is 5.42. The normalized spacial score (nSPS) is 10.9. The Morgan fingerprint density at radius 1 is 1.12 bits per heavy atom. The first-order valence-corrected chi connectivity index (χ1v) is 10.4. The zero-order valence-electron chi connectivity index (χ0n) is 18.9. The molecule has 0 spiro atoms. The molecule has 1 amide bonds. The van der Waals surface area contributed by atoms with E-state index in [4.69, 9.17) is 20.2 Å². The molecule has 0 saturated carbocycles. The molecule has 0 fully saturated rings. The molecular formula is C25H25FN4O3. The number of anilines is 2. The summed E-state index contributed by atoms with van der Waals surface area (Å²) in [6, 6.07) is 12.5. The molecule has 0 atom stereocenters. The zero-order valence-corrected chi connectivity index (χ0v) is 18.9. The van der Waals surface area contributed by atoms with Gasteiger partial charge < -0.3 is 20.5 Å². The van der Waals surface area contributed by atoms with Crippen LogP contribution in [0.15, 0.2) is 48.7 Å². The Morgan fingerprint density at radius 2 is 1.85 bits per heavy atom. The van der Waals surface area contributed by atoms with Crippen LogP contribution < -0.4 is 20.5 Å². The molecule has 7 nitrogen and oxygen atoms in total. The molecule has 0 bridgehead atoms. The van der Waals surface area contributed by atoms with Crippen LogP contribution in [0, 0.1) is 26.6 Å². The molecule has 2 heterocycles. The predicted molar refractivity (Wildman–Crippen MR) is 126 cm³/mol. The first-order chi connectivity index (χ1) is 15.8. The van der Waals surface area contributed by atoms with Gasteiger partial charge in [-0.05, 0) is 55.7 Å². The van der Waals surface area contributed by atoms with E-state index in [-0.39, 0.29) is 6.61 Å². The molecule has 33 heavy (non-hydrogen) atoms. The van der Waals surface area contributed by atoms with Gasteiger partial charge in [-0.2, -0.15) is 0 Å². The van der Waals surface area contributed by atoms with Crippen molar-refractivity contribution in [3.8, 4) is 22.8 Å². The number of imidazole rings is 1. The number of carbonyl (C=O) groups is 1. The van der Waals surface area contributed by atoms with Crippen molar-refractivity contribution < 1.29 is 18.7 Å². The number of primary amides is 1. The van der Waals surface area contributed by atoms with Gasteiger partial charge in [0.1, 0.15) is 34.5 Å². The number of aromatic nitrogens is 2. The largest absolute Gasteiger partial charge is 0.497 e. The minimum Gasteiger partial charge on any atom is -0.497 e. The highest BCUT2D eigenvalue weighted by Gasteiger charge is 2.22. The topological polar surface area (TPSA) is 90.9 Å². The number of hydrogen-bond donors (Lipinski definition) is 2. The Balaban J connectivity index is 1.98. The molecule has 8 heteroatoms. The highest BCUT2D eigenvalue weighted by molar-refractivity contribution is 5.86. The van der Waals surface area contributed by atoms with Gasteiger partial charge in [-0.1, -0.05) is 18.2 Å². The number of amides is 1. The highest BCUT2D eigenvalue weighted by atomic mass is 19.1. The van der Waals surface area contributed by atoms with Gasteiger partial charge in [-0.3, -0.25) is 9.20 Å². The van der Waals surface area contributed by atoms with Crippen LogP contribution in [-0.4, -0.2) is 29.0 Å². The molecule has 0 aliphatic carbocycles. The number of aryl methyl sites for hydroxylation is 3. The lowest BCUT2D eigenvalue weighted by Crippen LogP contribution is -2.20. The number of nitrogens with one attached hydrogen (secondary N) is 1. The number of carbonyl (C=O) groups excluding carboxylic acids is 1. The van der Waals surface area contributed by atoms with E-state index in [9.17, 15) is 9.18 Å². The van der Waals surface area contributed by atoms with Crippen molar-refractivity contribution in [1.82, 2.24) is 9.38 Å². The maximum absolute atomic E-state index is 14.2. The van der Waals surface area contributed by atoms with Crippen LogP contribution in [0.5, 0.6) is 11.5 Å². The van der Waals surface area contributed by atoms with E-state index in [0.717, 1.165) is 22.4 Å². The lowest BCUT2D eigenvalue weighted by atomic mass is 10.0. The number of pyridine rings is 1. The Kier molecular flexibility index (Phi) is 5.91. The number of nitrogens with two attached hydrogens (primary N) is 1. The van der Waals surface area contributed by atoms with E-state index < -0.39 is 11.7 Å². The summed E-state index contributed by atoms with van der Waals surface area (Å²) in [4.78, 5) is 16.2. The van der Waals surface area contributed by atoms with Gasteiger partial charge in [0.05, 0.1) is 7.11 Å². The Morgan fingerprint density at radius 3 is 2.52 bits per heavy atom. The van der Waals surface area contributed by atoms with E-state index in [1.807, 2.05) is 45.0 Å². The molecule has 0 aliphatic rings. The first kappa shape index (κ1) is 22.1. The summed E-state index contributed by atoms with van der Waals surface area (Å²) < 4.78 is 27.0. The van der Waals surface area contributed by atoms with E-state index in [1.54, 1.807) is 23.6 Å². The first-order valence-electron chi connectivity index (χ1n) is 10.4. The lowest BCUT2D eigenvalue weighted by Gasteiger charge is -2.17. The van der Waals surface area contributed by atoms with E-state index >= 15 is 0 Å². The van der Waals surface area contributed by atoms with Gasteiger partial charge in [-0.25, -0.2) is 9.37 Å². The van der Waals surface area contributed by atoms with Gasteiger partial charge in [0.25, 0.3) is 5.91 Å². The molecule has 3 N–H and O–H groups in total. The average molecular weight is 448 g/mol. The van der Waals surface area contributed by atoms with Gasteiger partial charge in [0, 0.05) is 23.5 Å². The molecule has 0 radical (unpaired) electrons. The Hall–Kier alpha value is -4.07. The number of halogens is 1. The predicted octanol–water partition coefficient (Wildman–Crippen LogP) is 4.68. The second-order valence-corrected chi connectivity index (χ2v) is 7.85. The standard InChI is InChI=1S/C25H25FN4O3/c1-14-6-5-7-15(2)23(14)29-25-24(28-21-9-8-17(26)12-30(21)25)22-16(3)10-18(32-4)11-19(22)33-13-20(27)31/h5-12,29H,13H2,1-4H3,(H2,27,31). The number of ether oxygens (including phenoxy) is 2. The molecule has 0 unspecified atom stereocenters. The summed E-state index contributed by atoms with van der Waals surface area (Å²) in [5.41, 5.74) is 10.8. The van der Waals surface area contributed by atoms with E-state index in [1.165, 1.54) is 12.3 Å². The molecule has 4 rings (SSSR count). The number of para-hydroxylation sites is 1. The van der Waals surface area contributed by atoms with Crippen molar-refractivity contribution in [2.24, 2.45) is 5.73 Å². The summed E-state index contributed by atoms with van der Waals surface area (Å²) in [5.74, 6) is 0.521. The average Bonchev–Trinajstić information content (AvgIpc) is 3.11. The van der Waals surface area contributed by atoms with E-state index in [2.05, 4.69) is 5.32 Å². The molecule has 0 aliphatic heterocycles. The summed E-state index contributed by atoms with van der Waals surface area (Å²) in [6.07, 6.45) is 1.38. The molecule has 2 aromatic heterocycles. The highest BCUT2D eigenvalue weighted by Crippen LogP contribution is 2.41. The fourth-order valence-corrected chi connectivity index (χ4v) is 3.85. The SMILES string of the molecule is COc1cc(C)c(-c2nc3ccc(F)cn3c2Nc2c(C)cccc2C)c(OCC(N)=O)c1. The number of hydrogen-bond acceptors (Lipinski definition) is 5. The Bertz CT molecular complexity index is 1340. The quantitative estimate of drug-likeness (QED) is 0.428. The minimum absolute atomic E-state index is 0.304. The van der Waals surface area contributed by atoms with Crippen molar-refractivity contribution in [3.63, 3.8) is 0 Å². The van der Waals surface area contributed by atoms with Gasteiger partial charge >= 0.3 is 0 Å². The lowest BCUT2D eigenvalue weighted by molar-refractivity contribution is -0.119. The summed E-state index contributed by atoms with van der Waals surface area (Å²) in [6.45, 7) is 5.58. The van der Waals surface area contributed by atoms with Crippen molar-refractivity contribution in [1.29, 1.82) is 0 Å². The van der Waals surface area contributed by atoms with Crippen molar-refractivity contribution in [3.05, 3.63) is 71.2 Å². The van der Waals surface area contributed by atoms with Crippen molar-refractivity contribution >= 4 is 23.1 Å². The summed E-state index contributed by atoms with van der Waals surface area (Å²) in [5, 5.41) is 3.46. The van der Waals surface area contributed by atoms with Crippen LogP contribution in [0.3, 0.4) is 0 Å². The molecule has 0 saturated heterocycles. The van der Waals surface area contributed by atoms with Gasteiger partial charge in [0.15, 0.2) is 6.61 Å². The minimum atomic E-state index is -0.604. The molecule has 4 aromatic rings. The second-order valence-electron chi connectivity index (χ2n) is 7.85. The monoisotopic (exact) mass is 448 g/mol. The van der Waals surface area contributed by atoms with Crippen molar-refractivity contribution in [2.75, 3.05) is 19.0 Å². The fraction of sp³-hybridized carbons (Fsp3) is 0.200. The van der Waals surface area contributed by atoms with Crippen LogP contribution in [0.2, 0.25) is 0 Å². The van der Waals surface area contributed by atoms with E-state index in [0.29, 0.717) is 34.2 Å². The number of benzene rings is 2. The van der Waals surface area contributed by atoms with Crippen LogP contribution in [0.1, 0.15) is 16.7 Å². The Labute approximate surface area is 191 Å². The number of rotatable bonds is 7. The number of methoxy groups -OCH3 is 1. The zero-order chi connectivity index (χ0) is 23.7. The van der Waals surface area contributed by atoms with Crippen LogP contribution in [-0.2, 0) is 4.79 Å². The van der Waals surface area contributed by atoms with Crippen molar-refractivity contribution in [2.45, 2.75) is 20.8 Å². The molecular weight excluding hydrogens is 423 g/mol. The second kappa shape index (κ2) is 8.82. The molecule has 2 aromatic carbocycles. The van der Waals surface area contributed by atoms with Crippen LogP contribution in [0.4, 0.5) is 15.9 Å². The van der Waals surface area contributed by atoms with Crippen LogP contribution in [0.25, 0.3) is 16.9 Å². The summed E-state index contributed by atoms with van der Waals surface area (Å²) >= 11 is 0. The maximum Gasteiger partial charge on any atom is 0.255 e.